The number of carboxylic acid groups (broad SMARTS) is 1. The molecule has 4 N–H and O–H groups in total. The van der Waals surface area contributed by atoms with Gasteiger partial charge in [-0.15, -0.1) is 11.3 Å². The number of nitrogens with one attached hydrogen (secondary N) is 2. The Morgan fingerprint density at radius 3 is 2.53 bits per heavy atom. The first-order valence-electron chi connectivity index (χ1n) is 8.67. The van der Waals surface area contributed by atoms with Gasteiger partial charge in [0.05, 0.1) is 12.5 Å². The van der Waals surface area contributed by atoms with Gasteiger partial charge < -0.3 is 25.4 Å². The quantitative estimate of drug-likeness (QED) is 0.442. The van der Waals surface area contributed by atoms with Crippen LogP contribution in [0.3, 0.4) is 0 Å². The number of pyridine rings is 1. The van der Waals surface area contributed by atoms with Crippen LogP contribution in [0.4, 0.5) is 10.5 Å². The molecule has 2 amide bonds. The molecule has 8 nitrogen and oxygen atoms in total. The van der Waals surface area contributed by atoms with Gasteiger partial charge in [0.15, 0.2) is 5.69 Å². The van der Waals surface area contributed by atoms with Gasteiger partial charge in [0.1, 0.15) is 5.75 Å². The third kappa shape index (κ3) is 5.73. The van der Waals surface area contributed by atoms with Crippen LogP contribution in [0, 0.1) is 0 Å². The number of hydrogen-bond acceptors (Lipinski definition) is 5. The zero-order valence-corrected chi connectivity index (χ0v) is 16.3. The monoisotopic (exact) mass is 437 g/mol. The van der Waals surface area contributed by atoms with Crippen molar-refractivity contribution in [2.45, 2.75) is 12.5 Å². The molecule has 0 spiro atoms. The van der Waals surface area contributed by atoms with Gasteiger partial charge in [-0.25, -0.2) is 4.79 Å². The van der Waals surface area contributed by atoms with Crippen molar-refractivity contribution in [3.63, 3.8) is 0 Å². The summed E-state index contributed by atoms with van der Waals surface area (Å²) < 4.78 is 1.20. The summed E-state index contributed by atoms with van der Waals surface area (Å²) >= 11 is 1.33. The maximum absolute atomic E-state index is 12.4. The van der Waals surface area contributed by atoms with Gasteiger partial charge in [-0.2, -0.15) is 0 Å². The molecule has 0 saturated heterocycles. The number of aromatic hydroxyl groups is 1. The second kappa shape index (κ2) is 10.4. The Kier molecular flexibility index (Phi) is 8.24. The van der Waals surface area contributed by atoms with E-state index >= 15 is 0 Å². The van der Waals surface area contributed by atoms with E-state index in [4.69, 9.17) is 0 Å². The summed E-state index contributed by atoms with van der Waals surface area (Å²) in [6.07, 6.45) is 1.03. The molecule has 0 saturated carbocycles. The van der Waals surface area contributed by atoms with Gasteiger partial charge in [0.2, 0.25) is 0 Å². The zero-order chi connectivity index (χ0) is 21.0. The van der Waals surface area contributed by atoms with Crippen molar-refractivity contribution >= 4 is 58.6 Å². The summed E-state index contributed by atoms with van der Waals surface area (Å²) in [5.41, 5.74) is 1.03. The number of rotatable bonds is 6. The molecule has 152 valence electrons. The fourth-order valence-corrected chi connectivity index (χ4v) is 3.73. The Labute approximate surface area is 198 Å². The van der Waals surface area contributed by atoms with Crippen LogP contribution in [0.25, 0.3) is 11.1 Å². The molecular weight excluding hydrogens is 417 g/mol. The number of aromatic nitrogens is 1. The number of thiophene rings is 1. The summed E-state index contributed by atoms with van der Waals surface area (Å²) in [6, 6.07) is 11.1. The van der Waals surface area contributed by atoms with Crippen molar-refractivity contribution in [1.82, 2.24) is 9.88 Å². The van der Waals surface area contributed by atoms with E-state index in [-0.39, 0.29) is 47.4 Å². The standard InChI is InChI=1S/C20H19N3O5S.Na.H/c1-23-8-7-15(24)18(19(23)27)22-20(28)21-14(10-17(25)26)16-9-13(11-29-16)12-5-3-2-4-6-12;;/h2-9,11,14,24H,10H2,1H3,(H,25,26)(H2,21,22,28);;/t14-;;/m0../s1. The van der Waals surface area contributed by atoms with Crippen LogP contribution in [0.5, 0.6) is 5.75 Å². The number of carboxylic acids is 1. The molecule has 1 aromatic carbocycles. The summed E-state index contributed by atoms with van der Waals surface area (Å²) in [5, 5.41) is 25.8. The van der Waals surface area contributed by atoms with Gasteiger partial charge in [0, 0.05) is 18.1 Å². The predicted octanol–water partition coefficient (Wildman–Crippen LogP) is 2.51. The number of aryl methyl sites for hydroxylation is 1. The molecule has 0 aliphatic carbocycles. The Morgan fingerprint density at radius 2 is 1.87 bits per heavy atom. The van der Waals surface area contributed by atoms with Crippen molar-refractivity contribution in [3.05, 3.63) is 69.3 Å². The Bertz CT molecular complexity index is 1100. The van der Waals surface area contributed by atoms with E-state index in [0.29, 0.717) is 4.88 Å². The van der Waals surface area contributed by atoms with Crippen LogP contribution >= 0.6 is 11.3 Å². The van der Waals surface area contributed by atoms with Crippen LogP contribution < -0.4 is 16.2 Å². The number of anilines is 1. The van der Waals surface area contributed by atoms with Crippen molar-refractivity contribution in [1.29, 1.82) is 0 Å². The first-order valence-corrected chi connectivity index (χ1v) is 9.55. The number of nitrogens with zero attached hydrogens (tertiary/aromatic N) is 1. The number of urea groups is 1. The molecule has 0 radical (unpaired) electrons. The fourth-order valence-electron chi connectivity index (χ4n) is 2.76. The van der Waals surface area contributed by atoms with E-state index < -0.39 is 23.6 Å². The topological polar surface area (TPSA) is 121 Å². The second-order valence-electron chi connectivity index (χ2n) is 6.34. The Hall–Kier alpha value is -2.59. The van der Waals surface area contributed by atoms with Crippen molar-refractivity contribution in [2.24, 2.45) is 7.05 Å². The van der Waals surface area contributed by atoms with E-state index in [0.717, 1.165) is 11.1 Å². The number of amides is 2. The molecule has 2 heterocycles. The summed E-state index contributed by atoms with van der Waals surface area (Å²) in [4.78, 5) is 36.4. The molecule has 10 heteroatoms. The first kappa shape index (κ1) is 23.7. The number of aliphatic carboxylic acids is 1. The van der Waals surface area contributed by atoms with Crippen LogP contribution in [-0.2, 0) is 11.8 Å². The minimum absolute atomic E-state index is 0. The molecule has 0 aliphatic heterocycles. The number of hydrogen-bond donors (Lipinski definition) is 4. The summed E-state index contributed by atoms with van der Waals surface area (Å²) in [6.45, 7) is 0. The van der Waals surface area contributed by atoms with Gasteiger partial charge in [0.25, 0.3) is 5.56 Å². The SMILES string of the molecule is Cn1ccc(O)c(NC(=O)N[C@@H](CC(=O)O)c2cc(-c3ccccc3)cs2)c1=O.[NaH]. The Balaban J connectivity index is 0.00000320. The van der Waals surface area contributed by atoms with E-state index in [2.05, 4.69) is 10.6 Å². The molecule has 0 aliphatic rings. The van der Waals surface area contributed by atoms with Crippen LogP contribution in [0.1, 0.15) is 17.3 Å². The Morgan fingerprint density at radius 1 is 1.17 bits per heavy atom. The van der Waals surface area contributed by atoms with Gasteiger partial charge in [-0.3, -0.25) is 9.59 Å². The first-order chi connectivity index (χ1) is 13.8. The van der Waals surface area contributed by atoms with Gasteiger partial charge >= 0.3 is 41.6 Å². The molecular formula is C20H20N3NaO5S. The average Bonchev–Trinajstić information content (AvgIpc) is 3.18. The number of benzene rings is 1. The number of carbonyl (C=O) groups excluding carboxylic acids is 1. The predicted molar refractivity (Wildman–Crippen MR) is 117 cm³/mol. The maximum atomic E-state index is 12.4. The van der Waals surface area contributed by atoms with Crippen molar-refractivity contribution in [3.8, 4) is 16.9 Å². The molecule has 0 bridgehead atoms. The third-order valence-electron chi connectivity index (χ3n) is 4.24. The van der Waals surface area contributed by atoms with Crippen LogP contribution in [0.15, 0.2) is 58.8 Å². The molecule has 3 aromatic rings. The molecule has 2 aromatic heterocycles. The second-order valence-corrected chi connectivity index (χ2v) is 7.29. The van der Waals surface area contributed by atoms with Gasteiger partial charge in [-0.05, 0) is 28.6 Å². The fraction of sp³-hybridized carbons (Fsp3) is 0.150. The van der Waals surface area contributed by atoms with Crippen molar-refractivity contribution in [2.75, 3.05) is 5.32 Å². The molecule has 0 fully saturated rings. The molecule has 30 heavy (non-hydrogen) atoms. The van der Waals surface area contributed by atoms with E-state index in [1.807, 2.05) is 41.8 Å². The zero-order valence-electron chi connectivity index (χ0n) is 15.5. The molecule has 3 rings (SSSR count). The molecule has 0 unspecified atom stereocenters. The van der Waals surface area contributed by atoms with Crippen LogP contribution in [0.2, 0.25) is 0 Å². The average molecular weight is 437 g/mol. The van der Waals surface area contributed by atoms with E-state index in [1.165, 1.54) is 35.2 Å². The molecule has 1 atom stereocenters. The minimum atomic E-state index is -1.08. The van der Waals surface area contributed by atoms with E-state index in [9.17, 15) is 24.6 Å². The third-order valence-corrected chi connectivity index (χ3v) is 5.29. The summed E-state index contributed by atoms with van der Waals surface area (Å²) in [5.74, 6) is -1.45. The van der Waals surface area contributed by atoms with Crippen LogP contribution in [-0.4, -0.2) is 56.3 Å². The van der Waals surface area contributed by atoms with Crippen molar-refractivity contribution < 1.29 is 19.8 Å². The summed E-state index contributed by atoms with van der Waals surface area (Å²) in [7, 11) is 1.48. The normalized spacial score (nSPS) is 11.2. The number of carbonyl (C=O) groups is 2. The van der Waals surface area contributed by atoms with Gasteiger partial charge in [-0.1, -0.05) is 30.3 Å². The van der Waals surface area contributed by atoms with E-state index in [1.54, 1.807) is 0 Å².